The fourth-order valence-corrected chi connectivity index (χ4v) is 2.93. The average Bonchev–Trinajstić information content (AvgIpc) is 3.09. The van der Waals surface area contributed by atoms with Crippen LogP contribution in [0.2, 0.25) is 0 Å². The van der Waals surface area contributed by atoms with E-state index in [4.69, 9.17) is 4.74 Å². The van der Waals surface area contributed by atoms with E-state index in [9.17, 15) is 13.6 Å². The van der Waals surface area contributed by atoms with Crippen LogP contribution in [0, 0.1) is 0 Å². The second-order valence-electron chi connectivity index (χ2n) is 6.03. The van der Waals surface area contributed by atoms with Gasteiger partial charge in [-0.3, -0.25) is 4.57 Å². The van der Waals surface area contributed by atoms with E-state index in [1.807, 2.05) is 30.3 Å². The molecule has 0 radical (unpaired) electrons. The zero-order chi connectivity index (χ0) is 19.5. The van der Waals surface area contributed by atoms with Crippen LogP contribution in [-0.2, 0) is 16.1 Å². The van der Waals surface area contributed by atoms with Crippen LogP contribution in [-0.4, -0.2) is 20.5 Å². The SMILES string of the molecule is O=C(/C=C/c1ccc2ccccc2n1)OCc1nc2ccccc2n1C(F)F. The largest absolute Gasteiger partial charge is 0.454 e. The van der Waals surface area contributed by atoms with Crippen LogP contribution < -0.4 is 0 Å². The van der Waals surface area contributed by atoms with Crippen molar-refractivity contribution in [2.45, 2.75) is 13.2 Å². The van der Waals surface area contributed by atoms with Gasteiger partial charge in [0.1, 0.15) is 6.61 Å². The highest BCUT2D eigenvalue weighted by Gasteiger charge is 2.18. The van der Waals surface area contributed by atoms with E-state index < -0.39 is 12.5 Å². The molecule has 0 atom stereocenters. The van der Waals surface area contributed by atoms with Crippen molar-refractivity contribution in [1.82, 2.24) is 14.5 Å². The van der Waals surface area contributed by atoms with Gasteiger partial charge in [0.15, 0.2) is 5.82 Å². The smallest absolute Gasteiger partial charge is 0.331 e. The molecule has 0 aliphatic heterocycles. The van der Waals surface area contributed by atoms with Crippen LogP contribution >= 0.6 is 0 Å². The van der Waals surface area contributed by atoms with Crippen molar-refractivity contribution >= 4 is 34.0 Å². The summed E-state index contributed by atoms with van der Waals surface area (Å²) in [5.41, 5.74) is 2.11. The second kappa shape index (κ2) is 7.56. The minimum atomic E-state index is -2.78. The Kier molecular flexibility index (Phi) is 4.80. The summed E-state index contributed by atoms with van der Waals surface area (Å²) in [6, 6.07) is 17.8. The van der Waals surface area contributed by atoms with E-state index in [1.54, 1.807) is 30.3 Å². The van der Waals surface area contributed by atoms with Gasteiger partial charge in [-0.05, 0) is 30.3 Å². The number of carbonyl (C=O) groups is 1. The topological polar surface area (TPSA) is 57.0 Å². The van der Waals surface area contributed by atoms with Gasteiger partial charge in [0.05, 0.1) is 22.2 Å². The zero-order valence-electron chi connectivity index (χ0n) is 14.6. The highest BCUT2D eigenvalue weighted by atomic mass is 19.3. The molecule has 2 aromatic heterocycles. The lowest BCUT2D eigenvalue weighted by Gasteiger charge is -2.07. The van der Waals surface area contributed by atoms with Crippen molar-refractivity contribution in [2.24, 2.45) is 0 Å². The number of carbonyl (C=O) groups excluding carboxylic acids is 1. The van der Waals surface area contributed by atoms with Crippen LogP contribution in [0.25, 0.3) is 28.0 Å². The molecule has 2 aromatic carbocycles. The van der Waals surface area contributed by atoms with Crippen molar-refractivity contribution in [2.75, 3.05) is 0 Å². The Morgan fingerprint density at radius 1 is 1.00 bits per heavy atom. The summed E-state index contributed by atoms with van der Waals surface area (Å²) in [5.74, 6) is -0.676. The van der Waals surface area contributed by atoms with Crippen LogP contribution in [0.3, 0.4) is 0 Å². The lowest BCUT2D eigenvalue weighted by Crippen LogP contribution is -2.09. The first kappa shape index (κ1) is 17.8. The average molecular weight is 379 g/mol. The first-order chi connectivity index (χ1) is 13.6. The molecule has 0 fully saturated rings. The lowest BCUT2D eigenvalue weighted by molar-refractivity contribution is -0.139. The molecular weight excluding hydrogens is 364 g/mol. The summed E-state index contributed by atoms with van der Waals surface area (Å²) in [7, 11) is 0. The molecule has 7 heteroatoms. The molecule has 0 bridgehead atoms. The first-order valence-corrected chi connectivity index (χ1v) is 8.56. The molecule has 0 N–H and O–H groups in total. The number of imidazole rings is 1. The van der Waals surface area contributed by atoms with Gasteiger partial charge >= 0.3 is 12.5 Å². The number of rotatable bonds is 5. The van der Waals surface area contributed by atoms with Crippen LogP contribution in [0.4, 0.5) is 8.78 Å². The van der Waals surface area contributed by atoms with E-state index in [0.29, 0.717) is 16.7 Å². The van der Waals surface area contributed by atoms with E-state index >= 15 is 0 Å². The number of alkyl halides is 2. The van der Waals surface area contributed by atoms with Crippen LogP contribution in [0.5, 0.6) is 0 Å². The number of ether oxygens (including phenoxy) is 1. The molecule has 28 heavy (non-hydrogen) atoms. The van der Waals surface area contributed by atoms with Crippen molar-refractivity contribution < 1.29 is 18.3 Å². The molecule has 5 nitrogen and oxygen atoms in total. The Balaban J connectivity index is 1.47. The molecule has 2 heterocycles. The van der Waals surface area contributed by atoms with E-state index in [2.05, 4.69) is 9.97 Å². The summed E-state index contributed by atoms with van der Waals surface area (Å²) in [6.45, 7) is -3.13. The van der Waals surface area contributed by atoms with Gasteiger partial charge in [-0.25, -0.2) is 14.8 Å². The number of fused-ring (bicyclic) bond motifs is 2. The molecule has 0 unspecified atom stereocenters. The molecule has 140 valence electrons. The maximum Gasteiger partial charge on any atom is 0.331 e. The van der Waals surface area contributed by atoms with Crippen molar-refractivity contribution in [3.63, 3.8) is 0 Å². The molecule has 4 rings (SSSR count). The molecule has 4 aromatic rings. The number of aromatic nitrogens is 3. The van der Waals surface area contributed by atoms with E-state index in [1.165, 1.54) is 12.2 Å². The maximum absolute atomic E-state index is 13.4. The number of para-hydroxylation sites is 3. The Labute approximate surface area is 158 Å². The van der Waals surface area contributed by atoms with E-state index in [-0.39, 0.29) is 12.4 Å². The van der Waals surface area contributed by atoms with Gasteiger partial charge in [-0.15, -0.1) is 0 Å². The van der Waals surface area contributed by atoms with E-state index in [0.717, 1.165) is 15.5 Å². The first-order valence-electron chi connectivity index (χ1n) is 8.56. The summed E-state index contributed by atoms with van der Waals surface area (Å²) >= 11 is 0. The minimum Gasteiger partial charge on any atom is -0.454 e. The predicted molar refractivity (Wildman–Crippen MR) is 102 cm³/mol. The molecule has 0 amide bonds. The molecule has 0 aliphatic carbocycles. The highest BCUT2D eigenvalue weighted by Crippen LogP contribution is 2.23. The Bertz CT molecular complexity index is 1180. The van der Waals surface area contributed by atoms with Gasteiger partial charge in [-0.1, -0.05) is 36.4 Å². The third-order valence-corrected chi connectivity index (χ3v) is 4.22. The van der Waals surface area contributed by atoms with Crippen LogP contribution in [0.15, 0.2) is 66.7 Å². The lowest BCUT2D eigenvalue weighted by atomic mass is 10.2. The molecule has 0 spiro atoms. The van der Waals surface area contributed by atoms with Crippen molar-refractivity contribution in [3.8, 4) is 0 Å². The number of nitrogens with zero attached hydrogens (tertiary/aromatic N) is 3. The summed E-state index contributed by atoms with van der Waals surface area (Å²) in [6.07, 6.45) is 2.73. The fraction of sp³-hybridized carbons (Fsp3) is 0.0952. The summed E-state index contributed by atoms with van der Waals surface area (Å²) in [4.78, 5) is 20.5. The normalized spacial score (nSPS) is 11.7. The highest BCUT2D eigenvalue weighted by molar-refractivity contribution is 5.87. The summed E-state index contributed by atoms with van der Waals surface area (Å²) < 4.78 is 32.6. The maximum atomic E-state index is 13.4. The second-order valence-corrected chi connectivity index (χ2v) is 6.03. The van der Waals surface area contributed by atoms with Gasteiger partial charge in [-0.2, -0.15) is 8.78 Å². The Morgan fingerprint density at radius 2 is 1.75 bits per heavy atom. The quantitative estimate of drug-likeness (QED) is 0.371. The molecule has 0 aliphatic rings. The number of benzene rings is 2. The standard InChI is InChI=1S/C21H15F2N3O2/c22-21(23)26-18-8-4-3-7-17(18)25-19(26)13-28-20(27)12-11-15-10-9-14-5-1-2-6-16(14)24-15/h1-12,21H,13H2/b12-11+. The Morgan fingerprint density at radius 3 is 2.57 bits per heavy atom. The van der Waals surface area contributed by atoms with Crippen molar-refractivity contribution in [3.05, 3.63) is 78.3 Å². The van der Waals surface area contributed by atoms with Crippen molar-refractivity contribution in [1.29, 1.82) is 0 Å². The van der Waals surface area contributed by atoms with Gasteiger partial charge in [0, 0.05) is 11.5 Å². The summed E-state index contributed by atoms with van der Waals surface area (Å²) in [5, 5.41) is 0.994. The van der Waals surface area contributed by atoms with Gasteiger partial charge < -0.3 is 4.74 Å². The zero-order valence-corrected chi connectivity index (χ0v) is 14.6. The Hall–Kier alpha value is -3.61. The van der Waals surface area contributed by atoms with Gasteiger partial charge in [0.25, 0.3) is 0 Å². The number of hydrogen-bond donors (Lipinski definition) is 0. The predicted octanol–water partition coefficient (Wildman–Crippen LogP) is 4.74. The number of pyridine rings is 1. The molecule has 0 saturated carbocycles. The molecular formula is C21H15F2N3O2. The third-order valence-electron chi connectivity index (χ3n) is 4.22. The third kappa shape index (κ3) is 3.59. The number of hydrogen-bond acceptors (Lipinski definition) is 4. The van der Waals surface area contributed by atoms with Gasteiger partial charge in [0.2, 0.25) is 0 Å². The molecule has 0 saturated heterocycles. The number of esters is 1. The minimum absolute atomic E-state index is 0.0122. The van der Waals surface area contributed by atoms with Crippen LogP contribution in [0.1, 0.15) is 18.1 Å². The monoisotopic (exact) mass is 379 g/mol. The number of halogens is 2. The fourth-order valence-electron chi connectivity index (χ4n) is 2.93.